The number of ether oxygens (including phenoxy) is 1. The fourth-order valence-electron chi connectivity index (χ4n) is 4.08. The van der Waals surface area contributed by atoms with Crippen LogP contribution in [0.2, 0.25) is 0 Å². The van der Waals surface area contributed by atoms with Gasteiger partial charge in [-0.15, -0.1) is 0 Å². The Labute approximate surface area is 236 Å². The summed E-state index contributed by atoms with van der Waals surface area (Å²) in [6.07, 6.45) is -5.08. The summed E-state index contributed by atoms with van der Waals surface area (Å²) in [4.78, 5) is 21.3. The van der Waals surface area contributed by atoms with Crippen molar-refractivity contribution in [1.82, 2.24) is 10.6 Å². The number of carbonyl (C=O) groups is 2. The number of benzene rings is 4. The Morgan fingerprint density at radius 1 is 0.732 bits per heavy atom. The van der Waals surface area contributed by atoms with Crippen LogP contribution in [0.5, 0.6) is 0 Å². The van der Waals surface area contributed by atoms with E-state index in [2.05, 4.69) is 71.3 Å². The highest BCUT2D eigenvalue weighted by atomic mass is 19.4. The number of hydrogen-bond donors (Lipinski definition) is 3. The van der Waals surface area contributed by atoms with Crippen LogP contribution in [0.1, 0.15) is 27.0 Å². The quantitative estimate of drug-likeness (QED) is 0.203. The number of nitrogens with one attached hydrogen (secondary N) is 2. The Morgan fingerprint density at radius 2 is 1.29 bits per heavy atom. The molecule has 0 saturated heterocycles. The van der Waals surface area contributed by atoms with Crippen LogP contribution in [-0.2, 0) is 29.2 Å². The number of aliphatic carboxylic acids is 1. The molecule has 0 saturated carbocycles. The van der Waals surface area contributed by atoms with E-state index in [9.17, 15) is 18.0 Å². The fourth-order valence-corrected chi connectivity index (χ4v) is 4.08. The van der Waals surface area contributed by atoms with Crippen LogP contribution in [-0.4, -0.2) is 37.4 Å². The van der Waals surface area contributed by atoms with Crippen molar-refractivity contribution in [2.24, 2.45) is 0 Å². The zero-order chi connectivity index (χ0) is 29.8. The van der Waals surface area contributed by atoms with Crippen molar-refractivity contribution in [3.05, 3.63) is 119 Å². The van der Waals surface area contributed by atoms with Crippen LogP contribution in [0, 0.1) is 0 Å². The van der Waals surface area contributed by atoms with E-state index in [1.165, 1.54) is 23.8 Å². The molecule has 0 fully saturated rings. The standard InChI is InChI=1S/C30H30N2O2.C2HF3O2/c1-31-19-24-13-16-28(29(18-24)30(33)34-2)27-10-6-7-23(17-27)21-32-20-22-11-14-26(15-12-22)25-8-4-3-5-9-25;3-2(4,5)1(6)7/h3-18,31-32H,19-21H2,1-2H3;(H,6,7). The number of esters is 1. The zero-order valence-electron chi connectivity index (χ0n) is 22.7. The summed E-state index contributed by atoms with van der Waals surface area (Å²) in [6.45, 7) is 2.21. The zero-order valence-corrected chi connectivity index (χ0v) is 22.7. The molecule has 214 valence electrons. The van der Waals surface area contributed by atoms with Gasteiger partial charge in [0, 0.05) is 19.6 Å². The van der Waals surface area contributed by atoms with E-state index in [1.54, 1.807) is 0 Å². The monoisotopic (exact) mass is 564 g/mol. The van der Waals surface area contributed by atoms with Crippen molar-refractivity contribution >= 4 is 11.9 Å². The Kier molecular flexibility index (Phi) is 11.2. The molecule has 0 bridgehead atoms. The first-order valence-corrected chi connectivity index (χ1v) is 12.7. The Hall–Kier alpha value is -4.47. The maximum absolute atomic E-state index is 12.4. The maximum Gasteiger partial charge on any atom is 0.490 e. The topological polar surface area (TPSA) is 87.7 Å². The van der Waals surface area contributed by atoms with Gasteiger partial charge in [-0.3, -0.25) is 0 Å². The SMILES string of the molecule is CNCc1ccc(-c2cccc(CNCc3ccc(-c4ccccc4)cc3)c2)c(C(=O)OC)c1.O=C(O)C(F)(F)F. The molecule has 0 heterocycles. The average Bonchev–Trinajstić information content (AvgIpc) is 2.98. The molecule has 0 atom stereocenters. The van der Waals surface area contributed by atoms with Crippen LogP contribution in [0.3, 0.4) is 0 Å². The van der Waals surface area contributed by atoms with Gasteiger partial charge in [-0.1, -0.05) is 84.9 Å². The van der Waals surface area contributed by atoms with Crippen molar-refractivity contribution in [3.63, 3.8) is 0 Å². The predicted molar refractivity (Wildman–Crippen MR) is 152 cm³/mol. The van der Waals surface area contributed by atoms with Crippen LogP contribution in [0.4, 0.5) is 13.2 Å². The first-order valence-electron chi connectivity index (χ1n) is 12.7. The first kappa shape index (κ1) is 31.1. The molecule has 0 aliphatic carbocycles. The molecule has 4 rings (SSSR count). The predicted octanol–water partition coefficient (Wildman–Crippen LogP) is 6.45. The number of halogens is 3. The van der Waals surface area contributed by atoms with Crippen LogP contribution >= 0.6 is 0 Å². The third kappa shape index (κ3) is 9.30. The molecule has 9 heteroatoms. The number of methoxy groups -OCH3 is 1. The summed E-state index contributed by atoms with van der Waals surface area (Å²) in [5.41, 5.74) is 8.36. The van der Waals surface area contributed by atoms with Gasteiger partial charge in [-0.2, -0.15) is 13.2 Å². The van der Waals surface area contributed by atoms with Crippen molar-refractivity contribution in [2.75, 3.05) is 14.2 Å². The lowest BCUT2D eigenvalue weighted by molar-refractivity contribution is -0.192. The van der Waals surface area contributed by atoms with Crippen molar-refractivity contribution in [3.8, 4) is 22.3 Å². The van der Waals surface area contributed by atoms with Gasteiger partial charge in [0.25, 0.3) is 0 Å². The molecule has 4 aromatic rings. The first-order chi connectivity index (χ1) is 19.6. The minimum atomic E-state index is -5.08. The van der Waals surface area contributed by atoms with Crippen molar-refractivity contribution in [2.45, 2.75) is 25.8 Å². The van der Waals surface area contributed by atoms with Crippen LogP contribution < -0.4 is 10.6 Å². The molecule has 3 N–H and O–H groups in total. The number of carbonyl (C=O) groups excluding carboxylic acids is 1. The summed E-state index contributed by atoms with van der Waals surface area (Å²) in [6, 6.07) is 33.3. The Bertz CT molecular complexity index is 1440. The Morgan fingerprint density at radius 3 is 1.90 bits per heavy atom. The maximum atomic E-state index is 12.4. The number of carboxylic acids is 1. The second-order valence-electron chi connectivity index (χ2n) is 9.07. The van der Waals surface area contributed by atoms with Crippen LogP contribution in [0.25, 0.3) is 22.3 Å². The third-order valence-corrected chi connectivity index (χ3v) is 6.07. The van der Waals surface area contributed by atoms with E-state index >= 15 is 0 Å². The second kappa shape index (κ2) is 14.8. The lowest BCUT2D eigenvalue weighted by Crippen LogP contribution is -2.21. The van der Waals surface area contributed by atoms with Gasteiger partial charge in [0.1, 0.15) is 0 Å². The molecule has 0 radical (unpaired) electrons. The minimum Gasteiger partial charge on any atom is -0.475 e. The largest absolute Gasteiger partial charge is 0.490 e. The highest BCUT2D eigenvalue weighted by Gasteiger charge is 2.38. The van der Waals surface area contributed by atoms with Gasteiger partial charge in [-0.05, 0) is 58.1 Å². The average molecular weight is 565 g/mol. The van der Waals surface area contributed by atoms with Crippen molar-refractivity contribution < 1.29 is 32.6 Å². The molecule has 6 nitrogen and oxygen atoms in total. The fraction of sp³-hybridized carbons (Fsp3) is 0.188. The molecule has 4 aromatic carbocycles. The van der Waals surface area contributed by atoms with E-state index in [0.717, 1.165) is 35.3 Å². The molecule has 41 heavy (non-hydrogen) atoms. The van der Waals surface area contributed by atoms with Gasteiger partial charge in [-0.25, -0.2) is 9.59 Å². The summed E-state index contributed by atoms with van der Waals surface area (Å²) < 4.78 is 36.8. The van der Waals surface area contributed by atoms with Crippen molar-refractivity contribution in [1.29, 1.82) is 0 Å². The molecule has 0 amide bonds. The number of hydrogen-bond acceptors (Lipinski definition) is 5. The highest BCUT2D eigenvalue weighted by Crippen LogP contribution is 2.27. The van der Waals surface area contributed by atoms with E-state index in [-0.39, 0.29) is 5.97 Å². The second-order valence-corrected chi connectivity index (χ2v) is 9.07. The molecular weight excluding hydrogens is 533 g/mol. The number of carboxylic acid groups (broad SMARTS) is 1. The minimum absolute atomic E-state index is 0.324. The number of rotatable bonds is 9. The lowest BCUT2D eigenvalue weighted by Gasteiger charge is -2.12. The van der Waals surface area contributed by atoms with E-state index < -0.39 is 12.1 Å². The number of alkyl halides is 3. The lowest BCUT2D eigenvalue weighted by atomic mass is 9.96. The van der Waals surface area contributed by atoms with Crippen LogP contribution in [0.15, 0.2) is 97.1 Å². The van der Waals surface area contributed by atoms with E-state index in [1.807, 2.05) is 43.4 Å². The summed E-state index contributed by atoms with van der Waals surface area (Å²) in [5, 5.41) is 13.8. The molecule has 0 aromatic heterocycles. The van der Waals surface area contributed by atoms with Gasteiger partial charge >= 0.3 is 18.1 Å². The normalized spacial score (nSPS) is 10.9. The summed E-state index contributed by atoms with van der Waals surface area (Å²) in [7, 11) is 3.31. The van der Waals surface area contributed by atoms with E-state index in [4.69, 9.17) is 14.6 Å². The molecular formula is C32H31F3N2O4. The van der Waals surface area contributed by atoms with Gasteiger partial charge in [0.2, 0.25) is 0 Å². The van der Waals surface area contributed by atoms with Gasteiger partial charge < -0.3 is 20.5 Å². The van der Waals surface area contributed by atoms with Gasteiger partial charge in [0.15, 0.2) is 0 Å². The molecule has 0 aliphatic rings. The summed E-state index contributed by atoms with van der Waals surface area (Å²) >= 11 is 0. The molecule has 0 unspecified atom stereocenters. The van der Waals surface area contributed by atoms with E-state index in [0.29, 0.717) is 12.1 Å². The molecule has 0 aliphatic heterocycles. The summed E-state index contributed by atoms with van der Waals surface area (Å²) in [5.74, 6) is -3.08. The third-order valence-electron chi connectivity index (χ3n) is 6.07. The highest BCUT2D eigenvalue weighted by molar-refractivity contribution is 5.97. The smallest absolute Gasteiger partial charge is 0.475 e. The molecule has 0 spiro atoms. The Balaban J connectivity index is 0.000000587. The van der Waals surface area contributed by atoms with Gasteiger partial charge in [0.05, 0.1) is 12.7 Å².